The molecule has 3 aromatic rings. The van der Waals surface area contributed by atoms with Crippen molar-refractivity contribution in [3.05, 3.63) is 71.7 Å². The van der Waals surface area contributed by atoms with Gasteiger partial charge in [0.1, 0.15) is 11.2 Å². The van der Waals surface area contributed by atoms with Crippen molar-refractivity contribution in [1.29, 1.82) is 0 Å². The number of aromatic nitrogens is 2. The van der Waals surface area contributed by atoms with Gasteiger partial charge in [-0.2, -0.15) is 13.2 Å². The molecule has 0 radical (unpaired) electrons. The SMILES string of the molecule is O=C(NCC(=O)N1CCC2C1CCN2C1CCC(O)(c2cccc3nccn23)CC1)c1cccc(C(F)(F)F)c1. The van der Waals surface area contributed by atoms with Crippen molar-refractivity contribution < 1.29 is 27.9 Å². The quantitative estimate of drug-likeness (QED) is 0.503. The summed E-state index contributed by atoms with van der Waals surface area (Å²) in [6, 6.07) is 10.6. The summed E-state index contributed by atoms with van der Waals surface area (Å²) >= 11 is 0. The third-order valence-electron chi connectivity index (χ3n) is 8.95. The van der Waals surface area contributed by atoms with Gasteiger partial charge in [-0.1, -0.05) is 12.1 Å². The van der Waals surface area contributed by atoms with Gasteiger partial charge in [-0.25, -0.2) is 4.98 Å². The Labute approximate surface area is 229 Å². The summed E-state index contributed by atoms with van der Waals surface area (Å²) in [6.45, 7) is 1.20. The fraction of sp³-hybridized carbons (Fsp3) is 0.483. The van der Waals surface area contributed by atoms with Crippen LogP contribution in [-0.2, 0) is 16.6 Å². The standard InChI is InChI=1S/C29H32F3N5O3/c30-29(31,32)20-4-1-3-19(17-20)27(39)34-18-26(38)36-15-10-22-23(36)9-14-35(22)21-7-11-28(40,12-8-21)24-5-2-6-25-33-13-16-37(24)25/h1-6,13,16-17,21-23,40H,7-12,14-15,18H2,(H,34,39). The number of nitrogens with zero attached hydrogens (tertiary/aromatic N) is 4. The van der Waals surface area contributed by atoms with Gasteiger partial charge in [-0.05, 0) is 68.9 Å². The summed E-state index contributed by atoms with van der Waals surface area (Å²) in [5.74, 6) is -0.926. The number of hydrogen-bond donors (Lipinski definition) is 2. The third-order valence-corrected chi connectivity index (χ3v) is 8.95. The number of benzene rings is 1. The van der Waals surface area contributed by atoms with E-state index in [1.165, 1.54) is 12.1 Å². The van der Waals surface area contributed by atoms with Gasteiger partial charge in [-0.15, -0.1) is 0 Å². The highest BCUT2D eigenvalue weighted by atomic mass is 19.4. The molecule has 2 amide bonds. The molecule has 3 aliphatic rings. The Morgan fingerprint density at radius 3 is 2.55 bits per heavy atom. The number of fused-ring (bicyclic) bond motifs is 2. The van der Waals surface area contributed by atoms with E-state index in [1.807, 2.05) is 33.7 Å². The van der Waals surface area contributed by atoms with Crippen molar-refractivity contribution in [2.24, 2.45) is 0 Å². The predicted octanol–water partition coefficient (Wildman–Crippen LogP) is 3.59. The van der Waals surface area contributed by atoms with E-state index in [9.17, 15) is 27.9 Å². The number of pyridine rings is 1. The second kappa shape index (κ2) is 10.2. The molecule has 2 unspecified atom stereocenters. The van der Waals surface area contributed by atoms with E-state index in [0.717, 1.165) is 55.7 Å². The van der Waals surface area contributed by atoms with Gasteiger partial charge in [0.05, 0.1) is 17.8 Å². The number of halogens is 3. The Morgan fingerprint density at radius 2 is 1.77 bits per heavy atom. The van der Waals surface area contributed by atoms with Gasteiger partial charge < -0.3 is 19.7 Å². The van der Waals surface area contributed by atoms with Crippen LogP contribution in [0.25, 0.3) is 5.65 Å². The molecule has 2 saturated heterocycles. The van der Waals surface area contributed by atoms with Crippen LogP contribution < -0.4 is 5.32 Å². The van der Waals surface area contributed by atoms with Gasteiger partial charge >= 0.3 is 6.18 Å². The molecule has 11 heteroatoms. The second-order valence-corrected chi connectivity index (χ2v) is 11.1. The number of rotatable bonds is 5. The number of alkyl halides is 3. The van der Waals surface area contributed by atoms with E-state index >= 15 is 0 Å². The first-order valence-corrected chi connectivity index (χ1v) is 13.8. The van der Waals surface area contributed by atoms with E-state index in [-0.39, 0.29) is 30.1 Å². The Hall–Kier alpha value is -3.44. The van der Waals surface area contributed by atoms with E-state index in [0.29, 0.717) is 25.4 Å². The highest BCUT2D eigenvalue weighted by molar-refractivity contribution is 5.96. The zero-order chi connectivity index (χ0) is 28.1. The van der Waals surface area contributed by atoms with Gasteiger partial charge in [0.15, 0.2) is 0 Å². The van der Waals surface area contributed by atoms with Crippen molar-refractivity contribution in [3.8, 4) is 0 Å². The Kier molecular flexibility index (Phi) is 6.82. The molecule has 8 nitrogen and oxygen atoms in total. The van der Waals surface area contributed by atoms with Crippen LogP contribution in [0.5, 0.6) is 0 Å². The molecule has 0 bridgehead atoms. The van der Waals surface area contributed by atoms with E-state index in [1.54, 1.807) is 6.20 Å². The molecule has 212 valence electrons. The molecule has 6 rings (SSSR count). The van der Waals surface area contributed by atoms with Crippen LogP contribution >= 0.6 is 0 Å². The maximum atomic E-state index is 13.0. The zero-order valence-corrected chi connectivity index (χ0v) is 22.0. The van der Waals surface area contributed by atoms with Crippen molar-refractivity contribution in [2.45, 2.75) is 68.4 Å². The van der Waals surface area contributed by atoms with Crippen LogP contribution in [0.4, 0.5) is 13.2 Å². The number of carbonyl (C=O) groups excluding carboxylic acids is 2. The molecule has 0 spiro atoms. The number of imidazole rings is 1. The van der Waals surface area contributed by atoms with E-state index < -0.39 is 23.2 Å². The van der Waals surface area contributed by atoms with Crippen LogP contribution in [0.2, 0.25) is 0 Å². The molecule has 1 aromatic carbocycles. The summed E-state index contributed by atoms with van der Waals surface area (Å²) in [6.07, 6.45) is 3.75. The molecule has 40 heavy (non-hydrogen) atoms. The highest BCUT2D eigenvalue weighted by Crippen LogP contribution is 2.42. The number of likely N-dealkylation sites (tertiary alicyclic amines) is 2. The predicted molar refractivity (Wildman–Crippen MR) is 140 cm³/mol. The normalized spacial score (nSPS) is 27.2. The fourth-order valence-electron chi connectivity index (χ4n) is 6.97. The van der Waals surface area contributed by atoms with Crippen molar-refractivity contribution in [3.63, 3.8) is 0 Å². The number of amides is 2. The Balaban J connectivity index is 1.04. The number of hydrogen-bond acceptors (Lipinski definition) is 5. The monoisotopic (exact) mass is 555 g/mol. The maximum absolute atomic E-state index is 13.0. The molecule has 4 heterocycles. The fourth-order valence-corrected chi connectivity index (χ4v) is 6.97. The molecule has 2 aliphatic heterocycles. The van der Waals surface area contributed by atoms with Gasteiger partial charge in [-0.3, -0.25) is 14.5 Å². The average Bonchev–Trinajstić information content (AvgIpc) is 3.68. The maximum Gasteiger partial charge on any atom is 0.416 e. The van der Waals surface area contributed by atoms with Crippen LogP contribution in [0.1, 0.15) is 60.1 Å². The van der Waals surface area contributed by atoms with Gasteiger partial charge in [0.2, 0.25) is 5.91 Å². The van der Waals surface area contributed by atoms with E-state index in [2.05, 4.69) is 15.2 Å². The lowest BCUT2D eigenvalue weighted by molar-refractivity contribution is -0.137. The lowest BCUT2D eigenvalue weighted by Gasteiger charge is -2.41. The van der Waals surface area contributed by atoms with Crippen LogP contribution in [0.3, 0.4) is 0 Å². The highest BCUT2D eigenvalue weighted by Gasteiger charge is 2.48. The van der Waals surface area contributed by atoms with Gasteiger partial charge in [0.25, 0.3) is 5.91 Å². The Morgan fingerprint density at radius 1 is 1.02 bits per heavy atom. The van der Waals surface area contributed by atoms with Gasteiger partial charge in [0, 0.05) is 49.2 Å². The first kappa shape index (κ1) is 26.8. The summed E-state index contributed by atoms with van der Waals surface area (Å²) in [5, 5.41) is 14.1. The lowest BCUT2D eigenvalue weighted by atomic mass is 9.79. The Bertz CT molecular complexity index is 1420. The molecular weight excluding hydrogens is 523 g/mol. The molecule has 1 saturated carbocycles. The smallest absolute Gasteiger partial charge is 0.384 e. The first-order valence-electron chi connectivity index (χ1n) is 13.8. The minimum absolute atomic E-state index is 0.0541. The third kappa shape index (κ3) is 4.85. The first-order chi connectivity index (χ1) is 19.1. The lowest BCUT2D eigenvalue weighted by Crippen LogP contribution is -2.47. The molecule has 2 aromatic heterocycles. The number of nitrogens with one attached hydrogen (secondary N) is 1. The second-order valence-electron chi connectivity index (χ2n) is 11.1. The van der Waals surface area contributed by atoms with Crippen LogP contribution in [0, 0.1) is 0 Å². The minimum atomic E-state index is -4.55. The van der Waals surface area contributed by atoms with Crippen molar-refractivity contribution >= 4 is 17.5 Å². The summed E-state index contributed by atoms with van der Waals surface area (Å²) in [4.78, 5) is 34.1. The summed E-state index contributed by atoms with van der Waals surface area (Å²) < 4.78 is 40.9. The number of carbonyl (C=O) groups is 2. The van der Waals surface area contributed by atoms with Crippen LogP contribution in [0.15, 0.2) is 54.9 Å². The molecule has 1 aliphatic carbocycles. The van der Waals surface area contributed by atoms with Crippen LogP contribution in [-0.4, -0.2) is 73.9 Å². The molecule has 3 fully saturated rings. The molecule has 2 atom stereocenters. The molecular formula is C29H32F3N5O3. The van der Waals surface area contributed by atoms with Crippen molar-refractivity contribution in [1.82, 2.24) is 24.5 Å². The average molecular weight is 556 g/mol. The van der Waals surface area contributed by atoms with E-state index in [4.69, 9.17) is 0 Å². The molecule has 2 N–H and O–H groups in total. The largest absolute Gasteiger partial charge is 0.416 e. The minimum Gasteiger partial charge on any atom is -0.384 e. The zero-order valence-electron chi connectivity index (χ0n) is 22.0. The summed E-state index contributed by atoms with van der Waals surface area (Å²) in [5.41, 5.74) is -0.261. The topological polar surface area (TPSA) is 90.2 Å². The van der Waals surface area contributed by atoms with Crippen molar-refractivity contribution in [2.75, 3.05) is 19.6 Å². The summed E-state index contributed by atoms with van der Waals surface area (Å²) in [7, 11) is 0. The number of aliphatic hydroxyl groups is 1.